The van der Waals surface area contributed by atoms with Gasteiger partial charge >= 0.3 is 0 Å². The Bertz CT molecular complexity index is 803. The summed E-state index contributed by atoms with van der Waals surface area (Å²) in [4.78, 5) is 9.33. The smallest absolute Gasteiger partial charge is 0.160 e. The monoisotopic (exact) mass is 293 g/mol. The molecule has 4 heteroatoms. The van der Waals surface area contributed by atoms with Gasteiger partial charge in [-0.05, 0) is 31.0 Å². The van der Waals surface area contributed by atoms with Gasteiger partial charge in [-0.3, -0.25) is 0 Å². The van der Waals surface area contributed by atoms with Gasteiger partial charge in [0, 0.05) is 24.2 Å². The summed E-state index contributed by atoms with van der Waals surface area (Å²) < 4.78 is 2.30. The summed E-state index contributed by atoms with van der Waals surface area (Å²) >= 11 is 0. The quantitative estimate of drug-likeness (QED) is 0.798. The molecular formula is C18H19N3O. The van der Waals surface area contributed by atoms with Crippen LogP contribution in [0.4, 0.5) is 0 Å². The number of nitrogens with zero attached hydrogens (tertiary/aromatic N) is 3. The Morgan fingerprint density at radius 3 is 2.73 bits per heavy atom. The maximum absolute atomic E-state index is 10.1. The first-order valence-electron chi connectivity index (χ1n) is 7.91. The summed E-state index contributed by atoms with van der Waals surface area (Å²) in [6.07, 6.45) is 7.39. The standard InChI is InChI=1S/C18H19N3O/c22-16-10-4-1-6-13(16)12-17-20-15-9-5-11-19-18(15)21(17)14-7-2-3-8-14/h1,4-6,9-11,14,22H,2-3,7-8,12H2. The second-order valence-electron chi connectivity index (χ2n) is 5.99. The normalized spacial score (nSPS) is 15.6. The van der Waals surface area contributed by atoms with Crippen LogP contribution in [0.1, 0.15) is 43.1 Å². The molecule has 0 aliphatic heterocycles. The van der Waals surface area contributed by atoms with E-state index >= 15 is 0 Å². The number of pyridine rings is 1. The number of phenolic OH excluding ortho intramolecular Hbond substituents is 1. The van der Waals surface area contributed by atoms with Crippen molar-refractivity contribution in [3.63, 3.8) is 0 Å². The molecule has 0 atom stereocenters. The topological polar surface area (TPSA) is 50.9 Å². The van der Waals surface area contributed by atoms with Crippen LogP contribution in [0, 0.1) is 0 Å². The van der Waals surface area contributed by atoms with Gasteiger partial charge in [-0.1, -0.05) is 31.0 Å². The molecule has 0 spiro atoms. The van der Waals surface area contributed by atoms with Crippen LogP contribution < -0.4 is 0 Å². The van der Waals surface area contributed by atoms with Crippen LogP contribution in [-0.2, 0) is 6.42 Å². The molecule has 0 unspecified atom stereocenters. The fourth-order valence-corrected chi connectivity index (χ4v) is 3.48. The lowest BCUT2D eigenvalue weighted by Crippen LogP contribution is -2.10. The van der Waals surface area contributed by atoms with Crippen LogP contribution in [-0.4, -0.2) is 19.6 Å². The van der Waals surface area contributed by atoms with Crippen LogP contribution in [0.15, 0.2) is 42.6 Å². The summed E-state index contributed by atoms with van der Waals surface area (Å²) in [6, 6.07) is 11.9. The number of hydrogen-bond donors (Lipinski definition) is 1. The van der Waals surface area contributed by atoms with Crippen LogP contribution in [0.2, 0.25) is 0 Å². The van der Waals surface area contributed by atoms with Gasteiger partial charge in [0.25, 0.3) is 0 Å². The molecule has 4 nitrogen and oxygen atoms in total. The molecule has 0 saturated heterocycles. The van der Waals surface area contributed by atoms with E-state index in [1.165, 1.54) is 25.7 Å². The van der Waals surface area contributed by atoms with E-state index in [4.69, 9.17) is 4.98 Å². The second-order valence-corrected chi connectivity index (χ2v) is 5.99. The average molecular weight is 293 g/mol. The van der Waals surface area contributed by atoms with Crippen LogP contribution in [0.25, 0.3) is 11.2 Å². The van der Waals surface area contributed by atoms with E-state index in [0.717, 1.165) is 22.6 Å². The van der Waals surface area contributed by atoms with Crippen LogP contribution in [0.5, 0.6) is 5.75 Å². The van der Waals surface area contributed by atoms with Gasteiger partial charge in [0.05, 0.1) is 0 Å². The maximum atomic E-state index is 10.1. The summed E-state index contributed by atoms with van der Waals surface area (Å²) in [5.74, 6) is 1.34. The largest absolute Gasteiger partial charge is 0.508 e. The lowest BCUT2D eigenvalue weighted by molar-refractivity contribution is 0.466. The van der Waals surface area contributed by atoms with Crippen molar-refractivity contribution in [2.45, 2.75) is 38.1 Å². The number of benzene rings is 1. The van der Waals surface area contributed by atoms with Gasteiger partial charge in [-0.2, -0.15) is 0 Å². The highest BCUT2D eigenvalue weighted by atomic mass is 16.3. The summed E-state index contributed by atoms with van der Waals surface area (Å²) in [7, 11) is 0. The first-order chi connectivity index (χ1) is 10.8. The Hall–Kier alpha value is -2.36. The van der Waals surface area contributed by atoms with Gasteiger partial charge in [0.2, 0.25) is 0 Å². The molecule has 1 aromatic carbocycles. The Morgan fingerprint density at radius 2 is 1.91 bits per heavy atom. The average Bonchev–Trinajstić information content (AvgIpc) is 3.16. The van der Waals surface area contributed by atoms with E-state index < -0.39 is 0 Å². The Kier molecular flexibility index (Phi) is 3.29. The Labute approximate surface area is 129 Å². The third-order valence-corrected chi connectivity index (χ3v) is 4.55. The van der Waals surface area contributed by atoms with E-state index in [0.29, 0.717) is 18.2 Å². The highest BCUT2D eigenvalue weighted by Gasteiger charge is 2.23. The van der Waals surface area contributed by atoms with Gasteiger partial charge < -0.3 is 9.67 Å². The second kappa shape index (κ2) is 5.44. The molecule has 1 N–H and O–H groups in total. The molecule has 3 aromatic rings. The molecule has 112 valence electrons. The third kappa shape index (κ3) is 2.25. The molecule has 0 radical (unpaired) electrons. The van der Waals surface area contributed by atoms with Gasteiger partial charge in [-0.15, -0.1) is 0 Å². The van der Waals surface area contributed by atoms with Crippen molar-refractivity contribution < 1.29 is 5.11 Å². The molecule has 2 aromatic heterocycles. The number of para-hydroxylation sites is 1. The number of rotatable bonds is 3. The van der Waals surface area contributed by atoms with Crippen molar-refractivity contribution in [1.29, 1.82) is 0 Å². The first-order valence-corrected chi connectivity index (χ1v) is 7.91. The van der Waals surface area contributed by atoms with Crippen molar-refractivity contribution in [1.82, 2.24) is 14.5 Å². The number of imidazole rings is 1. The van der Waals surface area contributed by atoms with E-state index in [1.807, 2.05) is 36.5 Å². The molecule has 1 aliphatic carbocycles. The SMILES string of the molecule is Oc1ccccc1Cc1nc2cccnc2n1C1CCCC1. The fraction of sp³-hybridized carbons (Fsp3) is 0.333. The van der Waals surface area contributed by atoms with Crippen molar-refractivity contribution in [2.24, 2.45) is 0 Å². The minimum atomic E-state index is 0.334. The summed E-state index contributed by atoms with van der Waals surface area (Å²) in [6.45, 7) is 0. The van der Waals surface area contributed by atoms with Crippen LogP contribution in [0.3, 0.4) is 0 Å². The fourth-order valence-electron chi connectivity index (χ4n) is 3.48. The summed E-state index contributed by atoms with van der Waals surface area (Å²) in [5, 5.41) is 10.1. The molecule has 2 heterocycles. The lowest BCUT2D eigenvalue weighted by Gasteiger charge is -2.16. The predicted molar refractivity (Wildman–Crippen MR) is 85.9 cm³/mol. The zero-order chi connectivity index (χ0) is 14.9. The van der Waals surface area contributed by atoms with Gasteiger partial charge in [0.1, 0.15) is 17.1 Å². The van der Waals surface area contributed by atoms with Crippen molar-refractivity contribution >= 4 is 11.2 Å². The van der Waals surface area contributed by atoms with E-state index in [2.05, 4.69) is 9.55 Å². The third-order valence-electron chi connectivity index (χ3n) is 4.55. The Morgan fingerprint density at radius 1 is 1.09 bits per heavy atom. The number of hydrogen-bond acceptors (Lipinski definition) is 3. The molecule has 0 amide bonds. The minimum absolute atomic E-state index is 0.334. The van der Waals surface area contributed by atoms with Gasteiger partial charge in [-0.25, -0.2) is 9.97 Å². The number of phenols is 1. The van der Waals surface area contributed by atoms with Crippen molar-refractivity contribution in [3.05, 3.63) is 54.0 Å². The Balaban J connectivity index is 1.82. The highest BCUT2D eigenvalue weighted by Crippen LogP contribution is 2.34. The molecule has 1 saturated carbocycles. The molecular weight excluding hydrogens is 274 g/mol. The predicted octanol–water partition coefficient (Wildman–Crippen LogP) is 3.84. The zero-order valence-corrected chi connectivity index (χ0v) is 12.4. The maximum Gasteiger partial charge on any atom is 0.160 e. The summed E-state index contributed by atoms with van der Waals surface area (Å²) in [5.41, 5.74) is 2.83. The van der Waals surface area contributed by atoms with Crippen LogP contribution >= 0.6 is 0 Å². The van der Waals surface area contributed by atoms with Crippen molar-refractivity contribution in [2.75, 3.05) is 0 Å². The molecule has 0 bridgehead atoms. The molecule has 22 heavy (non-hydrogen) atoms. The van der Waals surface area contributed by atoms with Crippen molar-refractivity contribution in [3.8, 4) is 5.75 Å². The number of aromatic hydroxyl groups is 1. The number of aromatic nitrogens is 3. The lowest BCUT2D eigenvalue weighted by atomic mass is 10.1. The molecule has 4 rings (SSSR count). The molecule has 1 fully saturated rings. The minimum Gasteiger partial charge on any atom is -0.508 e. The van der Waals surface area contributed by atoms with E-state index in [-0.39, 0.29) is 0 Å². The highest BCUT2D eigenvalue weighted by molar-refractivity contribution is 5.71. The number of fused-ring (bicyclic) bond motifs is 1. The first kappa shape index (κ1) is 13.3. The van der Waals surface area contributed by atoms with E-state index in [9.17, 15) is 5.11 Å². The molecule has 1 aliphatic rings. The van der Waals surface area contributed by atoms with E-state index in [1.54, 1.807) is 6.07 Å². The zero-order valence-electron chi connectivity index (χ0n) is 12.4. The van der Waals surface area contributed by atoms with Gasteiger partial charge in [0.15, 0.2) is 5.65 Å².